The molecule has 3 N–H and O–H groups in total. The van der Waals surface area contributed by atoms with Crippen LogP contribution < -0.4 is 0 Å². The van der Waals surface area contributed by atoms with Gasteiger partial charge in [0.1, 0.15) is 5.75 Å². The van der Waals surface area contributed by atoms with Crippen molar-refractivity contribution < 1.29 is 15.3 Å². The Morgan fingerprint density at radius 1 is 1.06 bits per heavy atom. The van der Waals surface area contributed by atoms with Crippen molar-refractivity contribution >= 4 is 0 Å². The third-order valence-corrected chi connectivity index (χ3v) is 2.54. The first-order chi connectivity index (χ1) is 7.70. The molecule has 0 saturated heterocycles. The predicted octanol–water partition coefficient (Wildman–Crippen LogP) is 2.93. The van der Waals surface area contributed by atoms with E-state index in [-0.39, 0.29) is 5.75 Å². The lowest BCUT2D eigenvalue weighted by Gasteiger charge is -2.11. The van der Waals surface area contributed by atoms with Gasteiger partial charge in [-0.25, -0.2) is 0 Å². The van der Waals surface area contributed by atoms with Crippen LogP contribution in [0, 0.1) is 6.92 Å². The number of aliphatic hydroxyl groups excluding tert-OH is 2. The molecule has 1 rings (SSSR count). The number of hydrogen-bond donors (Lipinski definition) is 3. The van der Waals surface area contributed by atoms with E-state index in [9.17, 15) is 5.11 Å². The van der Waals surface area contributed by atoms with E-state index in [1.54, 1.807) is 18.2 Å². The molecule has 0 aliphatic carbocycles. The molecule has 0 aromatic heterocycles. The van der Waals surface area contributed by atoms with Gasteiger partial charge in [-0.3, -0.25) is 0 Å². The van der Waals surface area contributed by atoms with Crippen molar-refractivity contribution in [2.45, 2.75) is 19.8 Å². The van der Waals surface area contributed by atoms with E-state index in [0.717, 1.165) is 29.2 Å². The largest absolute Gasteiger partial charge is 0.516 e. The molecule has 0 aliphatic rings. The second-order valence-corrected chi connectivity index (χ2v) is 3.53. The highest BCUT2D eigenvalue weighted by Crippen LogP contribution is 2.25. The van der Waals surface area contributed by atoms with Crippen LogP contribution in [0.2, 0.25) is 0 Å². The Morgan fingerprint density at radius 2 is 1.69 bits per heavy atom. The number of phenolic OH excluding ortho intramolecular Hbond substituents is 1. The van der Waals surface area contributed by atoms with Gasteiger partial charge in [-0.15, -0.1) is 0 Å². The first-order valence-electron chi connectivity index (χ1n) is 5.09. The summed E-state index contributed by atoms with van der Waals surface area (Å²) in [5, 5.41) is 26.9. The molecule has 0 radical (unpaired) electrons. The van der Waals surface area contributed by atoms with Crippen molar-refractivity contribution in [1.29, 1.82) is 0 Å². The van der Waals surface area contributed by atoms with Crippen molar-refractivity contribution in [1.82, 2.24) is 0 Å². The van der Waals surface area contributed by atoms with Gasteiger partial charge in [0, 0.05) is 0 Å². The molecule has 86 valence electrons. The number of allylic oxidation sites excluding steroid dienone is 2. The molecule has 1 aromatic carbocycles. The third-order valence-electron chi connectivity index (χ3n) is 2.54. The van der Waals surface area contributed by atoms with Gasteiger partial charge < -0.3 is 15.3 Å². The maximum atomic E-state index is 9.60. The van der Waals surface area contributed by atoms with Gasteiger partial charge in [0.2, 0.25) is 0 Å². The van der Waals surface area contributed by atoms with Crippen LogP contribution in [0.25, 0.3) is 0 Å². The molecule has 16 heavy (non-hydrogen) atoms. The van der Waals surface area contributed by atoms with Crippen molar-refractivity contribution in [3.05, 3.63) is 53.5 Å². The van der Waals surface area contributed by atoms with Gasteiger partial charge in [0.25, 0.3) is 0 Å². The lowest BCUT2D eigenvalue weighted by molar-refractivity contribution is 0.467. The minimum atomic E-state index is 0.248. The molecule has 0 saturated carbocycles. The fourth-order valence-electron chi connectivity index (χ4n) is 1.63. The molecule has 0 fully saturated rings. The lowest BCUT2D eigenvalue weighted by Crippen LogP contribution is -1.96. The summed E-state index contributed by atoms with van der Waals surface area (Å²) in [7, 11) is 0. The van der Waals surface area contributed by atoms with Crippen LogP contribution in [0.5, 0.6) is 5.75 Å². The SMILES string of the molecule is Cc1c(O)ccc(CC=CO)c1CC=CO. The third kappa shape index (κ3) is 2.79. The topological polar surface area (TPSA) is 60.7 Å². The Morgan fingerprint density at radius 3 is 2.31 bits per heavy atom. The summed E-state index contributed by atoms with van der Waals surface area (Å²) < 4.78 is 0. The average molecular weight is 220 g/mol. The zero-order valence-corrected chi connectivity index (χ0v) is 9.22. The quantitative estimate of drug-likeness (QED) is 0.684. The fraction of sp³-hybridized carbons (Fsp3) is 0.231. The van der Waals surface area contributed by atoms with E-state index < -0.39 is 0 Å². The molecule has 0 atom stereocenters. The van der Waals surface area contributed by atoms with Gasteiger partial charge >= 0.3 is 0 Å². The van der Waals surface area contributed by atoms with Gasteiger partial charge in [-0.05, 0) is 54.7 Å². The van der Waals surface area contributed by atoms with Gasteiger partial charge in [-0.1, -0.05) is 6.07 Å². The molecular formula is C13H16O3. The normalized spacial score (nSPS) is 11.6. The van der Waals surface area contributed by atoms with Crippen LogP contribution in [0.3, 0.4) is 0 Å². The first kappa shape index (κ1) is 12.2. The highest BCUT2D eigenvalue weighted by atomic mass is 16.3. The second-order valence-electron chi connectivity index (χ2n) is 3.53. The Bertz CT molecular complexity index is 406. The molecule has 3 heteroatoms. The molecule has 0 spiro atoms. The van der Waals surface area contributed by atoms with Crippen LogP contribution in [0.15, 0.2) is 36.8 Å². The Balaban J connectivity index is 3.10. The summed E-state index contributed by atoms with van der Waals surface area (Å²) in [5.41, 5.74) is 2.81. The molecule has 3 nitrogen and oxygen atoms in total. The number of hydrogen-bond acceptors (Lipinski definition) is 3. The maximum Gasteiger partial charge on any atom is 0.118 e. The number of aliphatic hydroxyl groups is 2. The summed E-state index contributed by atoms with van der Waals surface area (Å²) in [6.07, 6.45) is 6.42. The van der Waals surface area contributed by atoms with Gasteiger partial charge in [0.05, 0.1) is 12.5 Å². The van der Waals surface area contributed by atoms with Crippen molar-refractivity contribution in [3.63, 3.8) is 0 Å². The number of rotatable bonds is 4. The van der Waals surface area contributed by atoms with Crippen molar-refractivity contribution in [3.8, 4) is 5.75 Å². The molecule has 0 heterocycles. The van der Waals surface area contributed by atoms with Crippen LogP contribution in [0.4, 0.5) is 0 Å². The number of phenols is 1. The summed E-state index contributed by atoms with van der Waals surface area (Å²) in [5.74, 6) is 0.248. The van der Waals surface area contributed by atoms with E-state index in [2.05, 4.69) is 0 Å². The average Bonchev–Trinajstić information content (AvgIpc) is 2.29. The molecule has 0 amide bonds. The van der Waals surface area contributed by atoms with Gasteiger partial charge in [0.15, 0.2) is 0 Å². The summed E-state index contributed by atoms with van der Waals surface area (Å²) in [6.45, 7) is 1.84. The molecular weight excluding hydrogens is 204 g/mol. The minimum Gasteiger partial charge on any atom is -0.516 e. The van der Waals surface area contributed by atoms with E-state index in [4.69, 9.17) is 10.2 Å². The van der Waals surface area contributed by atoms with Crippen LogP contribution in [-0.4, -0.2) is 15.3 Å². The van der Waals surface area contributed by atoms with Crippen LogP contribution in [-0.2, 0) is 12.8 Å². The molecule has 0 bridgehead atoms. The number of aromatic hydroxyl groups is 1. The molecule has 0 aliphatic heterocycles. The summed E-state index contributed by atoms with van der Waals surface area (Å²) in [4.78, 5) is 0. The zero-order chi connectivity index (χ0) is 12.0. The van der Waals surface area contributed by atoms with Crippen LogP contribution >= 0.6 is 0 Å². The fourth-order valence-corrected chi connectivity index (χ4v) is 1.63. The predicted molar refractivity (Wildman–Crippen MR) is 63.8 cm³/mol. The number of benzene rings is 1. The van der Waals surface area contributed by atoms with Crippen LogP contribution in [0.1, 0.15) is 16.7 Å². The summed E-state index contributed by atoms with van der Waals surface area (Å²) in [6, 6.07) is 3.46. The van der Waals surface area contributed by atoms with Crippen molar-refractivity contribution in [2.24, 2.45) is 0 Å². The second kappa shape index (κ2) is 5.85. The van der Waals surface area contributed by atoms with E-state index in [0.29, 0.717) is 12.8 Å². The van der Waals surface area contributed by atoms with Crippen molar-refractivity contribution in [2.75, 3.05) is 0 Å². The Labute approximate surface area is 95.0 Å². The Hall–Kier alpha value is -1.90. The lowest BCUT2D eigenvalue weighted by atomic mass is 9.96. The first-order valence-corrected chi connectivity index (χ1v) is 5.09. The standard InChI is InChI=1S/C13H16O3/c1-10-12(5-3-9-15)11(4-2-8-14)6-7-13(10)16/h2-3,6-9,14-16H,4-5H2,1H3. The molecule has 1 aromatic rings. The highest BCUT2D eigenvalue weighted by molar-refractivity contribution is 5.45. The highest BCUT2D eigenvalue weighted by Gasteiger charge is 2.07. The van der Waals surface area contributed by atoms with Gasteiger partial charge in [-0.2, -0.15) is 0 Å². The zero-order valence-electron chi connectivity index (χ0n) is 9.22. The summed E-state index contributed by atoms with van der Waals surface area (Å²) >= 11 is 0. The molecule has 0 unspecified atom stereocenters. The monoisotopic (exact) mass is 220 g/mol. The Kier molecular flexibility index (Phi) is 4.45. The minimum absolute atomic E-state index is 0.248. The van der Waals surface area contributed by atoms with E-state index in [1.807, 2.05) is 13.0 Å². The van der Waals surface area contributed by atoms with E-state index in [1.165, 1.54) is 0 Å². The smallest absolute Gasteiger partial charge is 0.118 e. The van der Waals surface area contributed by atoms with E-state index >= 15 is 0 Å². The maximum absolute atomic E-state index is 9.60.